The number of rotatable bonds is 6. The molecule has 0 radical (unpaired) electrons. The normalized spacial score (nSPS) is 16.9. The fourth-order valence-corrected chi connectivity index (χ4v) is 5.53. The molecule has 0 saturated carbocycles. The summed E-state index contributed by atoms with van der Waals surface area (Å²) in [4.78, 5) is 46.9. The van der Waals surface area contributed by atoms with Crippen LogP contribution in [-0.4, -0.2) is 58.6 Å². The van der Waals surface area contributed by atoms with Crippen LogP contribution in [0.5, 0.6) is 0 Å². The molecular weight excluding hydrogens is 454 g/mol. The molecule has 3 aromatic rings. The largest absolute Gasteiger partial charge is 0.468 e. The molecule has 36 heavy (non-hydrogen) atoms. The topological polar surface area (TPSA) is 83.7 Å². The molecule has 5 rings (SSSR count). The van der Waals surface area contributed by atoms with E-state index in [-0.39, 0.29) is 29.6 Å². The fraction of sp³-hybridized carbons (Fsp3) is 0.379. The fourth-order valence-electron chi connectivity index (χ4n) is 5.53. The first kappa shape index (κ1) is 24.0. The molecule has 0 spiro atoms. The molecule has 1 saturated heterocycles. The van der Waals surface area contributed by atoms with E-state index in [0.29, 0.717) is 48.5 Å². The number of benzene rings is 1. The number of hydrogen-bond acceptors (Lipinski definition) is 5. The molecule has 2 amide bonds. The summed E-state index contributed by atoms with van der Waals surface area (Å²) >= 11 is 0. The highest BCUT2D eigenvalue weighted by Gasteiger charge is 2.35. The number of amides is 2. The van der Waals surface area contributed by atoms with Crippen molar-refractivity contribution in [3.05, 3.63) is 89.1 Å². The van der Waals surface area contributed by atoms with Gasteiger partial charge in [0.1, 0.15) is 17.7 Å². The Morgan fingerprint density at radius 2 is 1.83 bits per heavy atom. The minimum absolute atomic E-state index is 0.000759. The summed E-state index contributed by atoms with van der Waals surface area (Å²) in [7, 11) is 1.85. The highest BCUT2D eigenvalue weighted by molar-refractivity contribution is 6.09. The van der Waals surface area contributed by atoms with Crippen molar-refractivity contribution in [2.45, 2.75) is 44.6 Å². The van der Waals surface area contributed by atoms with Crippen molar-refractivity contribution in [1.29, 1.82) is 0 Å². The number of likely N-dealkylation sites (N-methyl/N-ethyl adjacent to an activating group) is 1. The van der Waals surface area contributed by atoms with E-state index >= 15 is 0 Å². The third-order valence-electron chi connectivity index (χ3n) is 7.54. The van der Waals surface area contributed by atoms with Gasteiger partial charge in [0.05, 0.1) is 11.1 Å². The monoisotopic (exact) mass is 485 g/mol. The number of likely N-dealkylation sites (tertiary alicyclic amines) is 1. The lowest BCUT2D eigenvalue weighted by Crippen LogP contribution is -2.48. The van der Waals surface area contributed by atoms with E-state index in [4.69, 9.17) is 4.42 Å². The molecule has 1 aliphatic carbocycles. The maximum atomic E-state index is 13.3. The third-order valence-corrected chi connectivity index (χ3v) is 7.54. The lowest BCUT2D eigenvalue weighted by atomic mass is 9.84. The number of pyridine rings is 1. The van der Waals surface area contributed by atoms with Crippen molar-refractivity contribution < 1.29 is 18.8 Å². The summed E-state index contributed by atoms with van der Waals surface area (Å²) in [6.45, 7) is 1.16. The molecule has 1 aliphatic heterocycles. The summed E-state index contributed by atoms with van der Waals surface area (Å²) in [5, 5.41) is 0. The minimum atomic E-state index is -0.133. The van der Waals surface area contributed by atoms with Gasteiger partial charge in [0, 0.05) is 45.2 Å². The van der Waals surface area contributed by atoms with Crippen LogP contribution in [0.4, 0.5) is 0 Å². The second kappa shape index (κ2) is 10.5. The summed E-state index contributed by atoms with van der Waals surface area (Å²) in [6.07, 6.45) is 7.32. The van der Waals surface area contributed by atoms with Gasteiger partial charge >= 0.3 is 0 Å². The number of aromatic nitrogens is 1. The SMILES string of the molecule is CN(C(=O)c1ccccn1)[C@H](Cc1ccccc1)C1CCN(C(=O)c2coc3c2C(=O)CCC3)CC1. The van der Waals surface area contributed by atoms with Crippen molar-refractivity contribution >= 4 is 17.6 Å². The van der Waals surface area contributed by atoms with Crippen LogP contribution in [0.25, 0.3) is 0 Å². The van der Waals surface area contributed by atoms with Crippen LogP contribution in [0.15, 0.2) is 65.4 Å². The first-order valence-electron chi connectivity index (χ1n) is 12.7. The summed E-state index contributed by atoms with van der Waals surface area (Å²) in [6, 6.07) is 15.5. The Bertz CT molecular complexity index is 1230. The van der Waals surface area contributed by atoms with E-state index in [2.05, 4.69) is 17.1 Å². The summed E-state index contributed by atoms with van der Waals surface area (Å²) < 4.78 is 5.58. The predicted molar refractivity (Wildman–Crippen MR) is 135 cm³/mol. The number of hydrogen-bond donors (Lipinski definition) is 0. The first-order valence-corrected chi connectivity index (χ1v) is 12.7. The molecule has 2 aromatic heterocycles. The zero-order valence-corrected chi connectivity index (χ0v) is 20.6. The van der Waals surface area contributed by atoms with Crippen molar-refractivity contribution in [3.63, 3.8) is 0 Å². The zero-order valence-electron chi connectivity index (χ0n) is 20.6. The molecule has 0 unspecified atom stereocenters. The van der Waals surface area contributed by atoms with Gasteiger partial charge in [-0.2, -0.15) is 0 Å². The Hall–Kier alpha value is -3.74. The van der Waals surface area contributed by atoms with Crippen molar-refractivity contribution in [3.8, 4) is 0 Å². The number of furan rings is 1. The molecular formula is C29H31N3O4. The van der Waals surface area contributed by atoms with E-state index in [1.807, 2.05) is 41.1 Å². The average Bonchev–Trinajstić information content (AvgIpc) is 3.37. The number of nitrogens with zero attached hydrogens (tertiary/aromatic N) is 3. The van der Waals surface area contributed by atoms with Crippen LogP contribution in [0, 0.1) is 5.92 Å². The van der Waals surface area contributed by atoms with Crippen LogP contribution < -0.4 is 0 Å². The van der Waals surface area contributed by atoms with Gasteiger partial charge < -0.3 is 14.2 Å². The Morgan fingerprint density at radius 1 is 1.08 bits per heavy atom. The smallest absolute Gasteiger partial charge is 0.272 e. The number of aryl methyl sites for hydroxylation is 1. The summed E-state index contributed by atoms with van der Waals surface area (Å²) in [5.41, 5.74) is 2.48. The van der Waals surface area contributed by atoms with Crippen LogP contribution in [0.2, 0.25) is 0 Å². The maximum Gasteiger partial charge on any atom is 0.272 e. The highest BCUT2D eigenvalue weighted by Crippen LogP contribution is 2.31. The van der Waals surface area contributed by atoms with Crippen LogP contribution in [-0.2, 0) is 12.8 Å². The molecule has 1 fully saturated rings. The van der Waals surface area contributed by atoms with Gasteiger partial charge in [0.2, 0.25) is 0 Å². The second-order valence-electron chi connectivity index (χ2n) is 9.74. The molecule has 2 aliphatic rings. The van der Waals surface area contributed by atoms with Gasteiger partial charge in [-0.1, -0.05) is 36.4 Å². The highest BCUT2D eigenvalue weighted by atomic mass is 16.3. The van der Waals surface area contributed by atoms with E-state index in [9.17, 15) is 14.4 Å². The van der Waals surface area contributed by atoms with Crippen molar-refractivity contribution in [1.82, 2.24) is 14.8 Å². The Labute approximate surface area is 211 Å². The van der Waals surface area contributed by atoms with E-state index in [1.54, 1.807) is 18.3 Å². The second-order valence-corrected chi connectivity index (χ2v) is 9.74. The summed E-state index contributed by atoms with van der Waals surface area (Å²) in [5.74, 6) is 0.638. The third kappa shape index (κ3) is 4.83. The van der Waals surface area contributed by atoms with Gasteiger partial charge in [-0.05, 0) is 49.3 Å². The van der Waals surface area contributed by atoms with Gasteiger partial charge in [-0.3, -0.25) is 19.4 Å². The molecule has 186 valence electrons. The van der Waals surface area contributed by atoms with Gasteiger partial charge in [0.15, 0.2) is 5.78 Å². The molecule has 0 bridgehead atoms. The van der Waals surface area contributed by atoms with E-state index in [1.165, 1.54) is 11.8 Å². The maximum absolute atomic E-state index is 13.3. The number of carbonyl (C=O) groups is 3. The van der Waals surface area contributed by atoms with Crippen molar-refractivity contribution in [2.75, 3.05) is 20.1 Å². The molecule has 7 heteroatoms. The van der Waals surface area contributed by atoms with Crippen LogP contribution in [0.1, 0.15) is 68.2 Å². The molecule has 1 aromatic carbocycles. The number of ketones is 1. The quantitative estimate of drug-likeness (QED) is 0.516. The van der Waals surface area contributed by atoms with Crippen LogP contribution in [0.3, 0.4) is 0 Å². The van der Waals surface area contributed by atoms with Gasteiger partial charge in [-0.15, -0.1) is 0 Å². The Kier molecular flexibility index (Phi) is 6.98. The van der Waals surface area contributed by atoms with Crippen LogP contribution >= 0.6 is 0 Å². The Morgan fingerprint density at radius 3 is 2.56 bits per heavy atom. The van der Waals surface area contributed by atoms with Gasteiger partial charge in [-0.25, -0.2) is 0 Å². The molecule has 1 atom stereocenters. The van der Waals surface area contributed by atoms with Gasteiger partial charge in [0.25, 0.3) is 11.8 Å². The average molecular weight is 486 g/mol. The number of Topliss-reactive ketones (excluding diaryl/α,β-unsaturated/α-hetero) is 1. The van der Waals surface area contributed by atoms with E-state index in [0.717, 1.165) is 25.7 Å². The zero-order chi connectivity index (χ0) is 25.1. The lowest BCUT2D eigenvalue weighted by Gasteiger charge is -2.40. The minimum Gasteiger partial charge on any atom is -0.468 e. The standard InChI is InChI=1S/C29H31N3O4/c1-31(29(35)23-10-5-6-15-30-23)24(18-20-8-3-2-4-9-20)21-13-16-32(17-14-21)28(34)22-19-36-26-12-7-11-25(33)27(22)26/h2-6,8-10,15,19,21,24H,7,11-14,16-18H2,1H3/t24-/m1/s1. The van der Waals surface area contributed by atoms with Crippen molar-refractivity contribution in [2.24, 2.45) is 5.92 Å². The number of fused-ring (bicyclic) bond motifs is 1. The lowest BCUT2D eigenvalue weighted by molar-refractivity contribution is 0.0518. The molecule has 7 nitrogen and oxygen atoms in total. The molecule has 0 N–H and O–H groups in total. The first-order chi connectivity index (χ1) is 17.5. The predicted octanol–water partition coefficient (Wildman–Crippen LogP) is 4.43. The van der Waals surface area contributed by atoms with E-state index < -0.39 is 0 Å². The Balaban J connectivity index is 1.31. The molecule has 3 heterocycles. The number of piperidine rings is 1. The number of carbonyl (C=O) groups excluding carboxylic acids is 3.